The highest BCUT2D eigenvalue weighted by molar-refractivity contribution is 14.0. The number of carbonyl (C=O) groups is 1. The van der Waals surface area contributed by atoms with Gasteiger partial charge in [0.1, 0.15) is 5.76 Å². The quantitative estimate of drug-likeness (QED) is 0.311. The third-order valence-electron chi connectivity index (χ3n) is 5.56. The van der Waals surface area contributed by atoms with Crippen molar-refractivity contribution in [2.45, 2.75) is 45.2 Å². The van der Waals surface area contributed by atoms with Crippen LogP contribution >= 0.6 is 24.0 Å². The molecule has 1 aromatic carbocycles. The highest BCUT2D eigenvalue weighted by atomic mass is 127. The number of guanidine groups is 1. The van der Waals surface area contributed by atoms with Crippen LogP contribution in [-0.4, -0.2) is 42.9 Å². The fourth-order valence-electron chi connectivity index (χ4n) is 3.72. The fourth-order valence-corrected chi connectivity index (χ4v) is 3.72. The van der Waals surface area contributed by atoms with Crippen LogP contribution in [0, 0.1) is 5.92 Å². The van der Waals surface area contributed by atoms with Gasteiger partial charge >= 0.3 is 0 Å². The normalized spacial score (nSPS) is 20.0. The summed E-state index contributed by atoms with van der Waals surface area (Å²) in [4.78, 5) is 19.1. The number of nitrogens with one attached hydrogen (secondary N) is 2. The summed E-state index contributed by atoms with van der Waals surface area (Å²) < 4.78 is 5.40. The summed E-state index contributed by atoms with van der Waals surface area (Å²) in [5, 5.41) is 6.86. The van der Waals surface area contributed by atoms with Gasteiger partial charge in [0, 0.05) is 44.9 Å². The molecule has 1 saturated heterocycles. The van der Waals surface area contributed by atoms with E-state index in [4.69, 9.17) is 9.41 Å². The van der Waals surface area contributed by atoms with Gasteiger partial charge in [-0.3, -0.25) is 9.79 Å². The molecule has 1 fully saturated rings. The van der Waals surface area contributed by atoms with Crippen LogP contribution in [0.25, 0.3) is 0 Å². The number of halogens is 1. The zero-order chi connectivity index (χ0) is 20.6. The van der Waals surface area contributed by atoms with E-state index in [2.05, 4.69) is 36.6 Å². The molecule has 0 aliphatic carbocycles. The highest BCUT2D eigenvalue weighted by Gasteiger charge is 2.38. The van der Waals surface area contributed by atoms with Crippen LogP contribution < -0.4 is 10.6 Å². The van der Waals surface area contributed by atoms with Crippen molar-refractivity contribution < 1.29 is 9.21 Å². The molecule has 3 atom stereocenters. The average molecular weight is 524 g/mol. The van der Waals surface area contributed by atoms with E-state index < -0.39 is 0 Å². The van der Waals surface area contributed by atoms with E-state index in [0.29, 0.717) is 19.0 Å². The minimum atomic E-state index is 0. The third-order valence-corrected chi connectivity index (χ3v) is 5.56. The number of nitrogens with zero attached hydrogens (tertiary/aromatic N) is 2. The van der Waals surface area contributed by atoms with Crippen molar-refractivity contribution in [1.29, 1.82) is 0 Å². The van der Waals surface area contributed by atoms with Crippen molar-refractivity contribution in [2.24, 2.45) is 10.9 Å². The Labute approximate surface area is 196 Å². The molecule has 1 aliphatic heterocycles. The van der Waals surface area contributed by atoms with Gasteiger partial charge in [-0.25, -0.2) is 0 Å². The number of hydrogen-bond acceptors (Lipinski definition) is 3. The molecule has 0 saturated carbocycles. The second-order valence-electron chi connectivity index (χ2n) is 7.72. The summed E-state index contributed by atoms with van der Waals surface area (Å²) in [6.07, 6.45) is 4.03. The molecule has 2 heterocycles. The maximum Gasteiger partial charge on any atom is 0.223 e. The van der Waals surface area contributed by atoms with Crippen LogP contribution in [0.5, 0.6) is 0 Å². The number of rotatable bonds is 8. The summed E-state index contributed by atoms with van der Waals surface area (Å²) in [5.41, 5.74) is 1.17. The lowest BCUT2D eigenvalue weighted by atomic mass is 9.94. The molecule has 0 radical (unpaired) electrons. The Morgan fingerprint density at radius 2 is 2.03 bits per heavy atom. The molecule has 1 aromatic heterocycles. The third kappa shape index (κ3) is 6.48. The molecule has 164 valence electrons. The first-order valence-electron chi connectivity index (χ1n) is 10.5. The largest absolute Gasteiger partial charge is 0.469 e. The summed E-state index contributed by atoms with van der Waals surface area (Å²) in [7, 11) is 1.89. The smallest absolute Gasteiger partial charge is 0.223 e. The predicted molar refractivity (Wildman–Crippen MR) is 131 cm³/mol. The molecule has 7 heteroatoms. The summed E-state index contributed by atoms with van der Waals surface area (Å²) >= 11 is 0. The summed E-state index contributed by atoms with van der Waals surface area (Å²) in [6, 6.07) is 14.5. The zero-order valence-electron chi connectivity index (χ0n) is 18.0. The van der Waals surface area contributed by atoms with E-state index in [0.717, 1.165) is 31.1 Å². The minimum Gasteiger partial charge on any atom is -0.469 e. The lowest BCUT2D eigenvalue weighted by Gasteiger charge is -2.25. The van der Waals surface area contributed by atoms with Gasteiger partial charge in [-0.2, -0.15) is 0 Å². The van der Waals surface area contributed by atoms with E-state index in [1.54, 1.807) is 6.26 Å². The summed E-state index contributed by atoms with van der Waals surface area (Å²) in [5.74, 6) is 2.09. The van der Waals surface area contributed by atoms with Crippen LogP contribution in [0.3, 0.4) is 0 Å². The average Bonchev–Trinajstić information content (AvgIpc) is 3.34. The second kappa shape index (κ2) is 12.0. The van der Waals surface area contributed by atoms with Crippen molar-refractivity contribution in [3.63, 3.8) is 0 Å². The monoisotopic (exact) mass is 524 g/mol. The first-order valence-corrected chi connectivity index (χ1v) is 10.5. The van der Waals surface area contributed by atoms with Crippen LogP contribution in [0.2, 0.25) is 0 Å². The van der Waals surface area contributed by atoms with Crippen molar-refractivity contribution in [3.05, 3.63) is 60.1 Å². The van der Waals surface area contributed by atoms with Gasteiger partial charge in [-0.05, 0) is 31.0 Å². The highest BCUT2D eigenvalue weighted by Crippen LogP contribution is 2.36. The van der Waals surface area contributed by atoms with Crippen molar-refractivity contribution in [1.82, 2.24) is 15.5 Å². The second-order valence-corrected chi connectivity index (χ2v) is 7.72. The van der Waals surface area contributed by atoms with Crippen molar-refractivity contribution >= 4 is 35.8 Å². The molecule has 3 rings (SSSR count). The molecule has 3 unspecified atom stereocenters. The number of carbonyl (C=O) groups excluding carboxylic acids is 1. The standard InChI is InChI=1S/C23H32N4O2.HI/c1-4-17(2)26-23(24-13-12-20-11-8-14-29-20)25-16-19-15-21(28)27(3)22(19)18-9-6-5-7-10-18;/h5-11,14,17,19,22H,4,12-13,15-16H2,1-3H3,(H2,24,25,26);1H. The van der Waals surface area contributed by atoms with E-state index in [-0.39, 0.29) is 41.8 Å². The Morgan fingerprint density at radius 1 is 1.27 bits per heavy atom. The Kier molecular flexibility index (Phi) is 9.68. The lowest BCUT2D eigenvalue weighted by Crippen LogP contribution is -2.43. The molecular weight excluding hydrogens is 491 g/mol. The van der Waals surface area contributed by atoms with Gasteiger partial charge in [-0.15, -0.1) is 24.0 Å². The molecule has 2 N–H and O–H groups in total. The Balaban J connectivity index is 0.00000320. The van der Waals surface area contributed by atoms with E-state index >= 15 is 0 Å². The SMILES string of the molecule is CCC(C)NC(=NCC1CC(=O)N(C)C1c1ccccc1)NCCc1ccco1.I. The maximum atomic E-state index is 12.4. The summed E-state index contributed by atoms with van der Waals surface area (Å²) in [6.45, 7) is 5.63. The number of furan rings is 1. The molecule has 30 heavy (non-hydrogen) atoms. The number of likely N-dealkylation sites (tertiary alicyclic amines) is 1. The van der Waals surface area contributed by atoms with E-state index in [1.807, 2.05) is 42.3 Å². The Bertz CT molecular complexity index is 795. The number of hydrogen-bond donors (Lipinski definition) is 2. The predicted octanol–water partition coefficient (Wildman–Crippen LogP) is 3.99. The first-order chi connectivity index (χ1) is 14.1. The fraction of sp³-hybridized carbons (Fsp3) is 0.478. The molecule has 2 aromatic rings. The molecule has 1 aliphatic rings. The molecule has 0 spiro atoms. The maximum absolute atomic E-state index is 12.4. The molecule has 1 amide bonds. The van der Waals surface area contributed by atoms with Crippen LogP contribution in [0.4, 0.5) is 0 Å². The van der Waals surface area contributed by atoms with Gasteiger partial charge in [0.15, 0.2) is 5.96 Å². The van der Waals surface area contributed by atoms with Gasteiger partial charge < -0.3 is 20.0 Å². The topological polar surface area (TPSA) is 69.9 Å². The molecule has 6 nitrogen and oxygen atoms in total. The van der Waals surface area contributed by atoms with Crippen LogP contribution in [0.1, 0.15) is 44.1 Å². The van der Waals surface area contributed by atoms with Crippen molar-refractivity contribution in [2.75, 3.05) is 20.1 Å². The Hall–Kier alpha value is -2.03. The lowest BCUT2D eigenvalue weighted by molar-refractivity contribution is -0.127. The molecule has 0 bridgehead atoms. The first kappa shape index (κ1) is 24.2. The van der Waals surface area contributed by atoms with E-state index in [1.165, 1.54) is 5.56 Å². The van der Waals surface area contributed by atoms with Gasteiger partial charge in [0.05, 0.1) is 12.3 Å². The van der Waals surface area contributed by atoms with Crippen LogP contribution in [0.15, 0.2) is 58.1 Å². The number of aliphatic imine (C=N–C) groups is 1. The number of amides is 1. The van der Waals surface area contributed by atoms with Gasteiger partial charge in [0.2, 0.25) is 5.91 Å². The number of benzene rings is 1. The zero-order valence-corrected chi connectivity index (χ0v) is 20.3. The Morgan fingerprint density at radius 3 is 2.70 bits per heavy atom. The van der Waals surface area contributed by atoms with Crippen molar-refractivity contribution in [3.8, 4) is 0 Å². The molecular formula is C23H33IN4O2. The van der Waals surface area contributed by atoms with Gasteiger partial charge in [0.25, 0.3) is 0 Å². The van der Waals surface area contributed by atoms with Crippen LogP contribution in [-0.2, 0) is 11.2 Å². The van der Waals surface area contributed by atoms with Gasteiger partial charge in [-0.1, -0.05) is 37.3 Å². The minimum absolute atomic E-state index is 0. The van der Waals surface area contributed by atoms with E-state index in [9.17, 15) is 4.79 Å².